The predicted molar refractivity (Wildman–Crippen MR) is 93.7 cm³/mol. The van der Waals surface area contributed by atoms with Crippen LogP contribution in [0.3, 0.4) is 0 Å². The summed E-state index contributed by atoms with van der Waals surface area (Å²) in [4.78, 5) is 16.7. The van der Waals surface area contributed by atoms with Gasteiger partial charge in [0.15, 0.2) is 11.3 Å². The van der Waals surface area contributed by atoms with Crippen LogP contribution in [0.1, 0.15) is 23.0 Å². The first-order valence-electron chi connectivity index (χ1n) is 7.94. The first kappa shape index (κ1) is 17.0. The molecule has 0 fully saturated rings. The van der Waals surface area contributed by atoms with Crippen molar-refractivity contribution in [3.8, 4) is 5.75 Å². The van der Waals surface area contributed by atoms with Crippen molar-refractivity contribution in [3.63, 3.8) is 0 Å². The second-order valence-electron chi connectivity index (χ2n) is 6.20. The molecule has 2 heterocycles. The minimum Gasteiger partial charge on any atom is -0.497 e. The number of aliphatic hydroxyl groups excluding tert-OH is 1. The van der Waals surface area contributed by atoms with Crippen LogP contribution in [0.2, 0.25) is 0 Å². The van der Waals surface area contributed by atoms with Gasteiger partial charge in [0.05, 0.1) is 19.3 Å². The zero-order chi connectivity index (χ0) is 17.9. The normalized spacial score (nSPS) is 13.4. The topological polar surface area (TPSA) is 84.6 Å². The molecule has 0 spiro atoms. The fraction of sp³-hybridized carbons (Fsp3) is 0.263. The number of aliphatic hydroxyl groups is 1. The molecule has 6 heteroatoms. The van der Waals surface area contributed by atoms with Crippen LogP contribution in [0.5, 0.6) is 5.75 Å². The molecule has 6 nitrogen and oxygen atoms in total. The van der Waals surface area contributed by atoms with Gasteiger partial charge in [0, 0.05) is 12.3 Å². The first-order chi connectivity index (χ1) is 12.0. The smallest absolute Gasteiger partial charge is 0.287 e. The summed E-state index contributed by atoms with van der Waals surface area (Å²) in [5, 5.41) is 12.7. The fourth-order valence-corrected chi connectivity index (χ4v) is 2.65. The van der Waals surface area contributed by atoms with E-state index in [1.54, 1.807) is 38.4 Å². The maximum absolute atomic E-state index is 12.5. The number of amides is 1. The van der Waals surface area contributed by atoms with E-state index in [4.69, 9.17) is 9.15 Å². The van der Waals surface area contributed by atoms with Gasteiger partial charge in [-0.25, -0.2) is 0 Å². The van der Waals surface area contributed by atoms with Crippen molar-refractivity contribution in [1.82, 2.24) is 10.3 Å². The zero-order valence-corrected chi connectivity index (χ0v) is 14.2. The van der Waals surface area contributed by atoms with Crippen molar-refractivity contribution in [1.29, 1.82) is 0 Å². The summed E-state index contributed by atoms with van der Waals surface area (Å²) in [5.41, 5.74) is 1.32. The summed E-state index contributed by atoms with van der Waals surface area (Å²) in [5.74, 6) is 0.541. The number of hydrogen-bond donors (Lipinski definition) is 2. The van der Waals surface area contributed by atoms with E-state index in [0.29, 0.717) is 17.5 Å². The van der Waals surface area contributed by atoms with Gasteiger partial charge in [-0.05, 0) is 43.2 Å². The highest BCUT2D eigenvalue weighted by atomic mass is 16.5. The Morgan fingerprint density at radius 2 is 2.08 bits per heavy atom. The Morgan fingerprint density at radius 3 is 2.72 bits per heavy atom. The molecule has 0 saturated carbocycles. The van der Waals surface area contributed by atoms with Gasteiger partial charge in [-0.2, -0.15) is 0 Å². The van der Waals surface area contributed by atoms with Gasteiger partial charge in [-0.15, -0.1) is 0 Å². The van der Waals surface area contributed by atoms with Gasteiger partial charge < -0.3 is 19.6 Å². The summed E-state index contributed by atoms with van der Waals surface area (Å²) in [6, 6.07) is 12.6. The Bertz CT molecular complexity index is 840. The molecule has 130 valence electrons. The van der Waals surface area contributed by atoms with Gasteiger partial charge in [0.2, 0.25) is 0 Å². The molecule has 2 aromatic heterocycles. The molecule has 0 aliphatic rings. The summed E-state index contributed by atoms with van der Waals surface area (Å²) in [6.07, 6.45) is 2.11. The number of furan rings is 1. The molecule has 25 heavy (non-hydrogen) atoms. The lowest BCUT2D eigenvalue weighted by Gasteiger charge is -2.28. The third-order valence-corrected chi connectivity index (χ3v) is 4.03. The highest BCUT2D eigenvalue weighted by Crippen LogP contribution is 2.20. The number of rotatable bonds is 6. The minimum atomic E-state index is -0.821. The second kappa shape index (κ2) is 6.94. The molecular weight excluding hydrogens is 320 g/mol. The zero-order valence-electron chi connectivity index (χ0n) is 14.2. The Kier molecular flexibility index (Phi) is 4.72. The van der Waals surface area contributed by atoms with Crippen LogP contribution in [0.4, 0.5) is 0 Å². The summed E-state index contributed by atoms with van der Waals surface area (Å²) in [7, 11) is 1.61. The summed E-state index contributed by atoms with van der Waals surface area (Å²) >= 11 is 0. The average Bonchev–Trinajstić information content (AvgIpc) is 3.07. The van der Waals surface area contributed by atoms with Gasteiger partial charge >= 0.3 is 0 Å². The highest BCUT2D eigenvalue weighted by molar-refractivity contribution is 5.95. The number of aromatic nitrogens is 1. The van der Waals surface area contributed by atoms with E-state index in [0.717, 1.165) is 11.3 Å². The van der Waals surface area contributed by atoms with E-state index >= 15 is 0 Å². The molecule has 3 aromatic rings. The molecule has 0 aliphatic heterocycles. The summed E-state index contributed by atoms with van der Waals surface area (Å²) < 4.78 is 10.7. The molecule has 2 N–H and O–H groups in total. The molecule has 0 radical (unpaired) electrons. The molecule has 1 aromatic carbocycles. The lowest BCUT2D eigenvalue weighted by molar-refractivity contribution is 0.0826. The van der Waals surface area contributed by atoms with Gasteiger partial charge in [-0.3, -0.25) is 9.78 Å². The largest absolute Gasteiger partial charge is 0.497 e. The Balaban J connectivity index is 1.75. The Morgan fingerprint density at radius 1 is 1.32 bits per heavy atom. The van der Waals surface area contributed by atoms with E-state index < -0.39 is 5.54 Å². The van der Waals surface area contributed by atoms with E-state index in [1.807, 2.05) is 24.3 Å². The molecule has 1 amide bonds. The lowest BCUT2D eigenvalue weighted by Crippen LogP contribution is -2.50. The first-order valence-corrected chi connectivity index (χ1v) is 7.94. The third kappa shape index (κ3) is 3.80. The van der Waals surface area contributed by atoms with E-state index in [1.165, 1.54) is 0 Å². The van der Waals surface area contributed by atoms with Crippen molar-refractivity contribution in [2.75, 3.05) is 13.7 Å². The summed E-state index contributed by atoms with van der Waals surface area (Å²) in [6.45, 7) is 1.58. The molecule has 1 atom stereocenters. The number of fused-ring (bicyclic) bond motifs is 1. The predicted octanol–water partition coefficient (Wildman–Crippen LogP) is 2.56. The van der Waals surface area contributed by atoms with Gasteiger partial charge in [-0.1, -0.05) is 12.1 Å². The Hall–Kier alpha value is -2.86. The Labute approximate surface area is 145 Å². The number of pyridine rings is 1. The highest BCUT2D eigenvalue weighted by Gasteiger charge is 2.28. The third-order valence-electron chi connectivity index (χ3n) is 4.03. The van der Waals surface area contributed by atoms with Gasteiger partial charge in [0.25, 0.3) is 5.91 Å². The number of benzene rings is 1. The lowest BCUT2D eigenvalue weighted by atomic mass is 9.93. The van der Waals surface area contributed by atoms with Crippen LogP contribution in [-0.4, -0.2) is 35.3 Å². The van der Waals surface area contributed by atoms with Crippen LogP contribution in [0, 0.1) is 0 Å². The minimum absolute atomic E-state index is 0.170. The van der Waals surface area contributed by atoms with Crippen molar-refractivity contribution < 1.29 is 19.1 Å². The SMILES string of the molecule is COc1ccc(CC(C)(CO)NC(=O)c2cc3ncccc3o2)cc1. The van der Waals surface area contributed by atoms with Crippen LogP contribution < -0.4 is 10.1 Å². The van der Waals surface area contributed by atoms with Crippen molar-refractivity contribution in [3.05, 3.63) is 60.0 Å². The van der Waals surface area contributed by atoms with E-state index in [-0.39, 0.29) is 18.3 Å². The van der Waals surface area contributed by atoms with Crippen LogP contribution in [0.25, 0.3) is 11.1 Å². The molecule has 3 rings (SSSR count). The average molecular weight is 340 g/mol. The molecule has 0 saturated heterocycles. The molecule has 0 aliphatic carbocycles. The molecule has 1 unspecified atom stereocenters. The van der Waals surface area contributed by atoms with Gasteiger partial charge in [0.1, 0.15) is 11.3 Å². The molecular formula is C19H20N2O4. The monoisotopic (exact) mass is 340 g/mol. The number of ether oxygens (including phenoxy) is 1. The number of carbonyl (C=O) groups is 1. The van der Waals surface area contributed by atoms with E-state index in [2.05, 4.69) is 10.3 Å². The van der Waals surface area contributed by atoms with Crippen LogP contribution in [0.15, 0.2) is 53.1 Å². The quantitative estimate of drug-likeness (QED) is 0.720. The van der Waals surface area contributed by atoms with Crippen LogP contribution in [-0.2, 0) is 6.42 Å². The fourth-order valence-electron chi connectivity index (χ4n) is 2.65. The maximum Gasteiger partial charge on any atom is 0.287 e. The number of hydrogen-bond acceptors (Lipinski definition) is 5. The standard InChI is InChI=1S/C19H20N2O4/c1-19(12-22,11-13-5-7-14(24-2)8-6-13)21-18(23)17-10-15-16(25-17)4-3-9-20-15/h3-10,22H,11-12H2,1-2H3,(H,21,23). The van der Waals surface area contributed by atoms with E-state index in [9.17, 15) is 9.90 Å². The number of nitrogens with one attached hydrogen (secondary N) is 1. The number of nitrogens with zero attached hydrogens (tertiary/aromatic N) is 1. The maximum atomic E-state index is 12.5. The number of methoxy groups -OCH3 is 1. The number of carbonyl (C=O) groups excluding carboxylic acids is 1. The molecule has 0 bridgehead atoms. The van der Waals surface area contributed by atoms with Crippen LogP contribution >= 0.6 is 0 Å². The second-order valence-corrected chi connectivity index (χ2v) is 6.20. The van der Waals surface area contributed by atoms with Crippen molar-refractivity contribution >= 4 is 17.0 Å². The van der Waals surface area contributed by atoms with Crippen molar-refractivity contribution in [2.24, 2.45) is 0 Å². The van der Waals surface area contributed by atoms with Crippen molar-refractivity contribution in [2.45, 2.75) is 18.9 Å².